The van der Waals surface area contributed by atoms with Gasteiger partial charge in [0.25, 0.3) is 0 Å². The Kier molecular flexibility index (Phi) is 23.0. The second-order valence-electron chi connectivity index (χ2n) is 15.3. The average molecular weight is 865 g/mol. The van der Waals surface area contributed by atoms with E-state index >= 15 is 0 Å². The third-order valence-electron chi connectivity index (χ3n) is 10.3. The maximum absolute atomic E-state index is 12.8. The molecule has 0 unspecified atom stereocenters. The van der Waals surface area contributed by atoms with Crippen LogP contribution in [0.4, 0.5) is 0 Å². The molecule has 5 aromatic rings. The fourth-order valence-corrected chi connectivity index (χ4v) is 7.13. The smallest absolute Gasteiger partial charge is 0.311 e. The number of ether oxygens (including phenoxy) is 4. The summed E-state index contributed by atoms with van der Waals surface area (Å²) in [7, 11) is 0. The minimum absolute atomic E-state index is 0.0257. The average Bonchev–Trinajstić information content (AvgIpc) is 3.86. The molecule has 0 amide bonds. The van der Waals surface area contributed by atoms with Crippen molar-refractivity contribution in [3.63, 3.8) is 0 Å². The highest BCUT2D eigenvalue weighted by molar-refractivity contribution is 5.94. The Bertz CT molecular complexity index is 2000. The van der Waals surface area contributed by atoms with E-state index in [0.717, 1.165) is 22.3 Å². The van der Waals surface area contributed by atoms with E-state index in [0.29, 0.717) is 58.3 Å². The number of nitrogens with zero attached hydrogens (tertiary/aromatic N) is 2. The molecular formula is C50H64N4O9. The van der Waals surface area contributed by atoms with E-state index in [4.69, 9.17) is 34.9 Å². The molecule has 5 N–H and O–H groups in total. The molecule has 1 aromatic heterocycles. The maximum atomic E-state index is 12.8. The van der Waals surface area contributed by atoms with Gasteiger partial charge >= 0.3 is 11.9 Å². The lowest BCUT2D eigenvalue weighted by Crippen LogP contribution is -2.32. The predicted molar refractivity (Wildman–Crippen MR) is 242 cm³/mol. The Morgan fingerprint density at radius 1 is 0.635 bits per heavy atom. The molecule has 338 valence electrons. The van der Waals surface area contributed by atoms with Crippen molar-refractivity contribution in [2.45, 2.75) is 64.8 Å². The molecule has 0 saturated carbocycles. The van der Waals surface area contributed by atoms with Gasteiger partial charge < -0.3 is 34.9 Å². The van der Waals surface area contributed by atoms with Gasteiger partial charge in [0.15, 0.2) is 5.78 Å². The van der Waals surface area contributed by atoms with Crippen molar-refractivity contribution in [3.8, 4) is 22.3 Å². The molecule has 63 heavy (non-hydrogen) atoms. The number of aliphatic hydroxyl groups excluding tert-OH is 2. The lowest BCUT2D eigenvalue weighted by Gasteiger charge is -2.22. The van der Waals surface area contributed by atoms with Crippen molar-refractivity contribution in [3.05, 3.63) is 132 Å². The van der Waals surface area contributed by atoms with Gasteiger partial charge in [-0.25, -0.2) is 0 Å². The number of hydrogen-bond donors (Lipinski definition) is 4. The third kappa shape index (κ3) is 18.4. The number of nitrogens with one attached hydrogen (secondary N) is 1. The quantitative estimate of drug-likeness (QED) is 0.0239. The van der Waals surface area contributed by atoms with Crippen LogP contribution in [0.2, 0.25) is 0 Å². The number of H-pyrrole nitrogens is 1. The SMILES string of the molecule is CCOC(=O)[C@H](COCCCO)C[C@H](CC(=O)c1cn[nH]n1)Cc1ccc(-c2ccccc2)cc1.CCOC(=O)[C@H](COCCCO)C[C@H](N)Cc1ccc(-c2ccccc2)cc1. The minimum Gasteiger partial charge on any atom is -0.466 e. The monoisotopic (exact) mass is 864 g/mol. The van der Waals surface area contributed by atoms with E-state index in [9.17, 15) is 14.4 Å². The van der Waals surface area contributed by atoms with Crippen LogP contribution in [0.3, 0.4) is 0 Å². The van der Waals surface area contributed by atoms with E-state index in [1.54, 1.807) is 13.8 Å². The predicted octanol–water partition coefficient (Wildman–Crippen LogP) is 7.06. The number of aliphatic hydroxyl groups is 2. The van der Waals surface area contributed by atoms with E-state index in [1.165, 1.54) is 17.3 Å². The molecule has 0 aliphatic rings. The van der Waals surface area contributed by atoms with Crippen LogP contribution in [-0.4, -0.2) is 102 Å². The van der Waals surface area contributed by atoms with Gasteiger partial charge in [-0.1, -0.05) is 109 Å². The van der Waals surface area contributed by atoms with Gasteiger partial charge in [0, 0.05) is 38.9 Å². The highest BCUT2D eigenvalue weighted by Gasteiger charge is 2.28. The molecular weight excluding hydrogens is 801 g/mol. The summed E-state index contributed by atoms with van der Waals surface area (Å²) >= 11 is 0. The molecule has 0 spiro atoms. The highest BCUT2D eigenvalue weighted by atomic mass is 16.5. The van der Waals surface area contributed by atoms with Crippen LogP contribution < -0.4 is 5.73 Å². The Morgan fingerprint density at radius 2 is 1.10 bits per heavy atom. The summed E-state index contributed by atoms with van der Waals surface area (Å²) in [5.74, 6) is -1.77. The van der Waals surface area contributed by atoms with Crippen LogP contribution in [0.1, 0.15) is 67.6 Å². The summed E-state index contributed by atoms with van der Waals surface area (Å²) in [5.41, 5.74) is 13.4. The van der Waals surface area contributed by atoms with Gasteiger partial charge in [-0.2, -0.15) is 15.4 Å². The number of nitrogens with two attached hydrogens (primary N) is 1. The standard InChI is InChI=1S/C27H33N3O5.C23H31NO4/c1-2-35-27(33)24(19-34-14-6-13-31)16-21(17-26(32)25-18-28-30-29-25)15-20-9-11-23(12-10-20)22-7-4-3-5-8-22;1-2-28-23(26)21(17-27-14-6-13-25)16-22(24)15-18-9-11-20(12-10-18)19-7-4-3-5-8-19/h3-5,7-12,18,21,24,31H,2,6,13-17,19H2,1H3,(H,28,29,30);3-5,7-12,21-22,25H,2,6,13-17,24H2,1H3/t21-,24+;21-,22+/m10/s1. The fraction of sp³-hybridized carbons (Fsp3) is 0.420. The number of benzene rings is 4. The molecule has 5 rings (SSSR count). The van der Waals surface area contributed by atoms with Crippen molar-refractivity contribution in [2.24, 2.45) is 23.5 Å². The molecule has 1 heterocycles. The number of hydrogen-bond acceptors (Lipinski definition) is 12. The first kappa shape index (κ1) is 50.1. The second kappa shape index (κ2) is 28.9. The van der Waals surface area contributed by atoms with Gasteiger partial charge in [0.1, 0.15) is 5.69 Å². The van der Waals surface area contributed by atoms with Gasteiger partial charge in [0.2, 0.25) is 0 Å². The first-order chi connectivity index (χ1) is 30.7. The molecule has 0 radical (unpaired) electrons. The van der Waals surface area contributed by atoms with Gasteiger partial charge in [-0.05, 0) is 91.7 Å². The number of aromatic amines is 1. The van der Waals surface area contributed by atoms with Gasteiger partial charge in [-0.3, -0.25) is 14.4 Å². The van der Waals surface area contributed by atoms with Crippen molar-refractivity contribution >= 4 is 17.7 Å². The number of carbonyl (C=O) groups excluding carboxylic acids is 3. The Balaban J connectivity index is 0.000000284. The minimum atomic E-state index is -0.507. The second-order valence-corrected chi connectivity index (χ2v) is 15.3. The zero-order chi connectivity index (χ0) is 45.1. The Morgan fingerprint density at radius 3 is 1.54 bits per heavy atom. The zero-order valence-corrected chi connectivity index (χ0v) is 36.6. The zero-order valence-electron chi connectivity index (χ0n) is 36.6. The Labute approximate surface area is 371 Å². The number of carbonyl (C=O) groups is 3. The number of Topliss-reactive ketones (excluding diaryl/α,β-unsaturated/α-hetero) is 1. The lowest BCUT2D eigenvalue weighted by atomic mass is 9.85. The topological polar surface area (TPSA) is 196 Å². The van der Waals surface area contributed by atoms with Crippen molar-refractivity contribution in [2.75, 3.05) is 52.9 Å². The number of ketones is 1. The van der Waals surface area contributed by atoms with Crippen LogP contribution >= 0.6 is 0 Å². The number of rotatable bonds is 27. The fourth-order valence-electron chi connectivity index (χ4n) is 7.13. The van der Waals surface area contributed by atoms with Crippen molar-refractivity contribution in [1.82, 2.24) is 15.4 Å². The van der Waals surface area contributed by atoms with Crippen LogP contribution in [0.5, 0.6) is 0 Å². The van der Waals surface area contributed by atoms with E-state index in [2.05, 4.69) is 88.2 Å². The summed E-state index contributed by atoms with van der Waals surface area (Å²) in [6, 6.07) is 36.8. The summed E-state index contributed by atoms with van der Waals surface area (Å²) in [6.07, 6.45) is 4.91. The normalized spacial score (nSPS) is 12.9. The molecule has 4 atom stereocenters. The third-order valence-corrected chi connectivity index (χ3v) is 10.3. The van der Waals surface area contributed by atoms with E-state index in [1.807, 2.05) is 36.4 Å². The molecule has 0 fully saturated rings. The molecule has 13 nitrogen and oxygen atoms in total. The highest BCUT2D eigenvalue weighted by Crippen LogP contribution is 2.27. The molecule has 0 bridgehead atoms. The summed E-state index contributed by atoms with van der Waals surface area (Å²) in [6.45, 7) is 5.48. The summed E-state index contributed by atoms with van der Waals surface area (Å²) < 4.78 is 21.6. The van der Waals surface area contributed by atoms with Crippen LogP contribution in [-0.2, 0) is 41.4 Å². The van der Waals surface area contributed by atoms with Crippen LogP contribution in [0.25, 0.3) is 22.3 Å². The first-order valence-corrected chi connectivity index (χ1v) is 21.9. The Hall–Kier alpha value is -5.57. The van der Waals surface area contributed by atoms with E-state index in [-0.39, 0.29) is 74.8 Å². The van der Waals surface area contributed by atoms with Gasteiger partial charge in [0.05, 0.1) is 44.5 Å². The first-order valence-electron chi connectivity index (χ1n) is 21.9. The van der Waals surface area contributed by atoms with E-state index < -0.39 is 11.8 Å². The summed E-state index contributed by atoms with van der Waals surface area (Å²) in [5, 5.41) is 27.9. The molecule has 0 aliphatic carbocycles. The molecule has 4 aromatic carbocycles. The number of aromatic nitrogens is 3. The molecule has 0 saturated heterocycles. The van der Waals surface area contributed by atoms with Gasteiger partial charge in [-0.15, -0.1) is 0 Å². The maximum Gasteiger partial charge on any atom is 0.311 e. The number of esters is 2. The molecule has 13 heteroatoms. The van der Waals surface area contributed by atoms with Crippen molar-refractivity contribution in [1.29, 1.82) is 0 Å². The van der Waals surface area contributed by atoms with Crippen LogP contribution in [0.15, 0.2) is 115 Å². The largest absolute Gasteiger partial charge is 0.466 e. The lowest BCUT2D eigenvalue weighted by molar-refractivity contribution is -0.151. The van der Waals surface area contributed by atoms with Crippen molar-refractivity contribution < 1.29 is 43.5 Å². The van der Waals surface area contributed by atoms with Crippen LogP contribution in [0, 0.1) is 17.8 Å². The summed E-state index contributed by atoms with van der Waals surface area (Å²) in [4.78, 5) is 37.7. The molecule has 0 aliphatic heterocycles.